The van der Waals surface area contributed by atoms with Gasteiger partial charge in [0.25, 0.3) is 0 Å². The van der Waals surface area contributed by atoms with Crippen molar-refractivity contribution >= 4 is 23.4 Å². The first-order chi connectivity index (χ1) is 11.0. The maximum atomic E-state index is 11.7. The Morgan fingerprint density at radius 3 is 2.87 bits per heavy atom. The van der Waals surface area contributed by atoms with Crippen molar-refractivity contribution in [3.05, 3.63) is 57.0 Å². The van der Waals surface area contributed by atoms with Crippen molar-refractivity contribution in [2.75, 3.05) is 6.61 Å². The Bertz CT molecular complexity index is 714. The van der Waals surface area contributed by atoms with Gasteiger partial charge in [-0.05, 0) is 23.0 Å². The monoisotopic (exact) mass is 337 g/mol. The van der Waals surface area contributed by atoms with Gasteiger partial charge >= 0.3 is 11.8 Å². The number of halogens is 1. The van der Waals surface area contributed by atoms with E-state index in [4.69, 9.17) is 16.3 Å². The van der Waals surface area contributed by atoms with E-state index in [-0.39, 0.29) is 31.4 Å². The zero-order valence-corrected chi connectivity index (χ0v) is 13.3. The molecule has 0 aliphatic rings. The lowest BCUT2D eigenvalue weighted by Crippen LogP contribution is -2.14. The van der Waals surface area contributed by atoms with Gasteiger partial charge in [-0.15, -0.1) is 0 Å². The van der Waals surface area contributed by atoms with Gasteiger partial charge in [0.15, 0.2) is 5.82 Å². The summed E-state index contributed by atoms with van der Waals surface area (Å²) in [7, 11) is 0. The summed E-state index contributed by atoms with van der Waals surface area (Å²) in [6.45, 7) is 1.91. The Kier molecular flexibility index (Phi) is 5.70. The molecule has 1 aromatic heterocycles. The third kappa shape index (κ3) is 4.53. The van der Waals surface area contributed by atoms with Crippen LogP contribution >= 0.6 is 11.6 Å². The second kappa shape index (κ2) is 7.73. The number of aromatic nitrogens is 2. The van der Waals surface area contributed by atoms with Crippen LogP contribution in [0.15, 0.2) is 30.5 Å². The van der Waals surface area contributed by atoms with E-state index in [0.717, 1.165) is 5.56 Å². The SMILES string of the molecule is Cc1ncc([N+](=O)[O-])n1CCOC(=O)CCc1ccccc1Cl. The van der Waals surface area contributed by atoms with Crippen LogP contribution in [-0.4, -0.2) is 27.1 Å². The van der Waals surface area contributed by atoms with E-state index in [0.29, 0.717) is 17.3 Å². The van der Waals surface area contributed by atoms with Crippen LogP contribution in [0.1, 0.15) is 17.8 Å². The molecule has 0 radical (unpaired) electrons. The van der Waals surface area contributed by atoms with Crippen molar-refractivity contribution in [3.63, 3.8) is 0 Å². The fourth-order valence-electron chi connectivity index (χ4n) is 2.14. The normalized spacial score (nSPS) is 10.5. The van der Waals surface area contributed by atoms with Crippen LogP contribution in [0.3, 0.4) is 0 Å². The van der Waals surface area contributed by atoms with Gasteiger partial charge in [-0.3, -0.25) is 4.79 Å². The number of nitrogens with zero attached hydrogens (tertiary/aromatic N) is 3. The Labute approximate surface area is 138 Å². The Morgan fingerprint density at radius 2 is 2.17 bits per heavy atom. The highest BCUT2D eigenvalue weighted by atomic mass is 35.5. The van der Waals surface area contributed by atoms with Gasteiger partial charge in [0, 0.05) is 18.4 Å². The predicted molar refractivity (Wildman–Crippen MR) is 84.4 cm³/mol. The zero-order chi connectivity index (χ0) is 16.8. The molecule has 0 atom stereocenters. The summed E-state index contributed by atoms with van der Waals surface area (Å²) in [5.74, 6) is 0.0174. The van der Waals surface area contributed by atoms with Gasteiger partial charge in [0.05, 0.1) is 0 Å². The molecule has 0 bridgehead atoms. The quantitative estimate of drug-likeness (QED) is 0.440. The first-order valence-electron chi connectivity index (χ1n) is 7.04. The molecule has 0 saturated heterocycles. The van der Waals surface area contributed by atoms with Crippen molar-refractivity contribution < 1.29 is 14.5 Å². The molecular weight excluding hydrogens is 322 g/mol. The van der Waals surface area contributed by atoms with E-state index in [1.165, 1.54) is 10.8 Å². The fourth-order valence-corrected chi connectivity index (χ4v) is 2.37. The molecule has 122 valence electrons. The van der Waals surface area contributed by atoms with Crippen LogP contribution in [0.4, 0.5) is 5.82 Å². The summed E-state index contributed by atoms with van der Waals surface area (Å²) >= 11 is 6.02. The lowest BCUT2D eigenvalue weighted by atomic mass is 10.1. The number of aryl methyl sites for hydroxylation is 2. The lowest BCUT2D eigenvalue weighted by Gasteiger charge is -2.06. The standard InChI is InChI=1S/C15H16ClN3O4/c1-11-17-10-14(19(21)22)18(11)8-9-23-15(20)7-6-12-4-2-3-5-13(12)16/h2-5,10H,6-9H2,1H3. The average molecular weight is 338 g/mol. The molecule has 0 amide bonds. The first kappa shape index (κ1) is 17.0. The van der Waals surface area contributed by atoms with Crippen LogP contribution in [0.25, 0.3) is 0 Å². The summed E-state index contributed by atoms with van der Waals surface area (Å²) in [4.78, 5) is 26.0. The highest BCUT2D eigenvalue weighted by Gasteiger charge is 2.17. The molecule has 1 aromatic carbocycles. The molecule has 0 aliphatic carbocycles. The number of carbonyl (C=O) groups excluding carboxylic acids is 1. The van der Waals surface area contributed by atoms with Gasteiger partial charge in [0.2, 0.25) is 0 Å². The lowest BCUT2D eigenvalue weighted by molar-refractivity contribution is -0.392. The summed E-state index contributed by atoms with van der Waals surface area (Å²) in [5, 5.41) is 11.5. The summed E-state index contributed by atoms with van der Waals surface area (Å²) in [6.07, 6.45) is 1.88. The van der Waals surface area contributed by atoms with Crippen LogP contribution in [-0.2, 0) is 22.5 Å². The van der Waals surface area contributed by atoms with E-state index < -0.39 is 4.92 Å². The summed E-state index contributed by atoms with van der Waals surface area (Å²) in [6, 6.07) is 7.30. The van der Waals surface area contributed by atoms with Crippen molar-refractivity contribution in [2.24, 2.45) is 0 Å². The fraction of sp³-hybridized carbons (Fsp3) is 0.333. The minimum atomic E-state index is -0.515. The number of hydrogen-bond acceptors (Lipinski definition) is 5. The van der Waals surface area contributed by atoms with Gasteiger partial charge in [-0.2, -0.15) is 0 Å². The third-order valence-corrected chi connectivity index (χ3v) is 3.72. The van der Waals surface area contributed by atoms with Gasteiger partial charge in [-0.25, -0.2) is 9.55 Å². The molecule has 2 aromatic rings. The molecule has 7 nitrogen and oxygen atoms in total. The maximum absolute atomic E-state index is 11.7. The molecule has 8 heteroatoms. The Balaban J connectivity index is 1.80. The Morgan fingerprint density at radius 1 is 1.43 bits per heavy atom. The topological polar surface area (TPSA) is 87.3 Å². The van der Waals surface area contributed by atoms with Crippen molar-refractivity contribution in [2.45, 2.75) is 26.3 Å². The van der Waals surface area contributed by atoms with Crippen LogP contribution in [0.2, 0.25) is 5.02 Å². The van der Waals surface area contributed by atoms with Crippen LogP contribution in [0, 0.1) is 17.0 Å². The molecule has 2 rings (SSSR count). The molecule has 0 N–H and O–H groups in total. The number of ether oxygens (including phenoxy) is 1. The maximum Gasteiger partial charge on any atom is 0.342 e. The molecule has 0 fully saturated rings. The molecule has 0 spiro atoms. The van der Waals surface area contributed by atoms with Crippen molar-refractivity contribution in [1.29, 1.82) is 0 Å². The van der Waals surface area contributed by atoms with Crippen LogP contribution in [0.5, 0.6) is 0 Å². The van der Waals surface area contributed by atoms with E-state index >= 15 is 0 Å². The smallest absolute Gasteiger partial charge is 0.342 e. The second-order valence-electron chi connectivity index (χ2n) is 4.88. The molecule has 0 saturated carbocycles. The number of benzene rings is 1. The van der Waals surface area contributed by atoms with E-state index in [1.54, 1.807) is 13.0 Å². The minimum Gasteiger partial charge on any atom is -0.461 e. The first-order valence-corrected chi connectivity index (χ1v) is 7.42. The number of nitro groups is 1. The summed E-state index contributed by atoms with van der Waals surface area (Å²) < 4.78 is 6.52. The highest BCUT2D eigenvalue weighted by molar-refractivity contribution is 6.31. The average Bonchev–Trinajstić information content (AvgIpc) is 2.88. The molecular formula is C15H16ClN3O4. The number of esters is 1. The largest absolute Gasteiger partial charge is 0.461 e. The molecule has 1 heterocycles. The number of imidazole rings is 1. The van der Waals surface area contributed by atoms with Gasteiger partial charge < -0.3 is 14.9 Å². The van der Waals surface area contributed by atoms with Crippen molar-refractivity contribution in [1.82, 2.24) is 9.55 Å². The summed E-state index contributed by atoms with van der Waals surface area (Å²) in [5.41, 5.74) is 0.882. The highest BCUT2D eigenvalue weighted by Crippen LogP contribution is 2.17. The van der Waals surface area contributed by atoms with E-state index in [2.05, 4.69) is 4.98 Å². The molecule has 23 heavy (non-hydrogen) atoms. The van der Waals surface area contributed by atoms with Crippen molar-refractivity contribution in [3.8, 4) is 0 Å². The van der Waals surface area contributed by atoms with E-state index in [1.807, 2.05) is 18.2 Å². The third-order valence-electron chi connectivity index (χ3n) is 3.36. The van der Waals surface area contributed by atoms with E-state index in [9.17, 15) is 14.9 Å². The predicted octanol–water partition coefficient (Wildman–Crippen LogP) is 2.93. The minimum absolute atomic E-state index is 0.0550. The zero-order valence-electron chi connectivity index (χ0n) is 12.6. The van der Waals surface area contributed by atoms with Gasteiger partial charge in [-0.1, -0.05) is 29.8 Å². The molecule has 0 aliphatic heterocycles. The number of carbonyl (C=O) groups is 1. The van der Waals surface area contributed by atoms with Gasteiger partial charge in [0.1, 0.15) is 19.3 Å². The number of hydrogen-bond donors (Lipinski definition) is 0. The second-order valence-corrected chi connectivity index (χ2v) is 5.29. The number of rotatable bonds is 7. The Hall–Kier alpha value is -2.41. The van der Waals surface area contributed by atoms with Crippen LogP contribution < -0.4 is 0 Å². The molecule has 0 unspecified atom stereocenters.